The lowest BCUT2D eigenvalue weighted by atomic mass is 10.2. The molecule has 0 fully saturated rings. The first-order valence-electron chi connectivity index (χ1n) is 8.93. The second-order valence-corrected chi connectivity index (χ2v) is 9.11. The van der Waals surface area contributed by atoms with Crippen LogP contribution in [0.5, 0.6) is 11.5 Å². The highest BCUT2D eigenvalue weighted by molar-refractivity contribution is 7.89. The van der Waals surface area contributed by atoms with Gasteiger partial charge in [-0.3, -0.25) is 4.79 Å². The van der Waals surface area contributed by atoms with Gasteiger partial charge in [0.2, 0.25) is 10.0 Å². The van der Waals surface area contributed by atoms with Gasteiger partial charge in [0.1, 0.15) is 0 Å². The van der Waals surface area contributed by atoms with E-state index in [1.165, 1.54) is 46.5 Å². The number of sulfonamides is 1. The van der Waals surface area contributed by atoms with Crippen LogP contribution in [0.15, 0.2) is 35.2 Å². The molecule has 0 saturated heterocycles. The van der Waals surface area contributed by atoms with Gasteiger partial charge in [-0.15, -0.1) is 0 Å². The van der Waals surface area contributed by atoms with Crippen molar-refractivity contribution in [1.82, 2.24) is 4.31 Å². The zero-order chi connectivity index (χ0) is 23.3. The number of esters is 1. The Labute approximate surface area is 185 Å². The van der Waals surface area contributed by atoms with Crippen molar-refractivity contribution >= 4 is 39.2 Å². The summed E-state index contributed by atoms with van der Waals surface area (Å²) in [7, 11) is 1.95. The van der Waals surface area contributed by atoms with Crippen LogP contribution in [0.3, 0.4) is 0 Å². The van der Waals surface area contributed by atoms with Crippen LogP contribution in [0, 0.1) is 6.92 Å². The molecule has 0 heterocycles. The molecule has 0 atom stereocenters. The lowest BCUT2D eigenvalue weighted by Crippen LogP contribution is -2.24. The van der Waals surface area contributed by atoms with Gasteiger partial charge in [0.05, 0.1) is 29.7 Å². The molecule has 1 N–H and O–H groups in total. The molecule has 31 heavy (non-hydrogen) atoms. The third-order valence-corrected chi connectivity index (χ3v) is 6.47. The zero-order valence-electron chi connectivity index (χ0n) is 17.7. The summed E-state index contributed by atoms with van der Waals surface area (Å²) in [6, 6.07) is 7.19. The van der Waals surface area contributed by atoms with Crippen molar-refractivity contribution in [2.24, 2.45) is 0 Å². The summed E-state index contributed by atoms with van der Waals surface area (Å²) in [5.41, 5.74) is 0.856. The van der Waals surface area contributed by atoms with Crippen LogP contribution in [-0.4, -0.2) is 59.5 Å². The molecule has 0 aromatic heterocycles. The van der Waals surface area contributed by atoms with E-state index in [-0.39, 0.29) is 32.7 Å². The molecule has 0 bridgehead atoms. The normalized spacial score (nSPS) is 11.2. The number of ether oxygens (including phenoxy) is 3. The fourth-order valence-corrected chi connectivity index (χ4v) is 4.03. The van der Waals surface area contributed by atoms with E-state index >= 15 is 0 Å². The van der Waals surface area contributed by atoms with Gasteiger partial charge in [0, 0.05) is 19.8 Å². The summed E-state index contributed by atoms with van der Waals surface area (Å²) in [6.07, 6.45) is 0. The van der Waals surface area contributed by atoms with E-state index in [0.717, 1.165) is 4.31 Å². The lowest BCUT2D eigenvalue weighted by molar-refractivity contribution is -0.119. The third kappa shape index (κ3) is 5.66. The van der Waals surface area contributed by atoms with Gasteiger partial charge in [-0.05, 0) is 36.8 Å². The number of amides is 1. The molecule has 2 rings (SSSR count). The number of halogens is 1. The fraction of sp³-hybridized carbons (Fsp3) is 0.300. The molecule has 2 aromatic carbocycles. The van der Waals surface area contributed by atoms with E-state index in [1.54, 1.807) is 19.1 Å². The highest BCUT2D eigenvalue weighted by atomic mass is 35.5. The number of carbonyl (C=O) groups is 2. The molecule has 0 aliphatic heterocycles. The van der Waals surface area contributed by atoms with Crippen molar-refractivity contribution in [2.75, 3.05) is 40.2 Å². The topological polar surface area (TPSA) is 111 Å². The second kappa shape index (κ2) is 9.99. The van der Waals surface area contributed by atoms with Crippen LogP contribution >= 0.6 is 11.6 Å². The van der Waals surface area contributed by atoms with Crippen LogP contribution < -0.4 is 14.8 Å². The average Bonchev–Trinajstić information content (AvgIpc) is 2.72. The Morgan fingerprint density at radius 1 is 1.10 bits per heavy atom. The van der Waals surface area contributed by atoms with Gasteiger partial charge < -0.3 is 19.5 Å². The van der Waals surface area contributed by atoms with E-state index in [2.05, 4.69) is 5.32 Å². The Hall–Kier alpha value is -2.82. The van der Waals surface area contributed by atoms with Gasteiger partial charge in [-0.25, -0.2) is 17.5 Å². The number of anilines is 1. The Morgan fingerprint density at radius 3 is 2.35 bits per heavy atom. The maximum absolute atomic E-state index is 12.4. The summed E-state index contributed by atoms with van der Waals surface area (Å²) in [6.45, 7) is 1.06. The van der Waals surface area contributed by atoms with Gasteiger partial charge in [0.15, 0.2) is 18.1 Å². The molecule has 0 unspecified atom stereocenters. The SMILES string of the molecule is COc1cc(C(=O)OCC(=O)Nc2ccc(C)c(S(=O)(=O)N(C)C)c2)cc(Cl)c1OC. The summed E-state index contributed by atoms with van der Waals surface area (Å²) in [5.74, 6) is -0.934. The number of nitrogens with one attached hydrogen (secondary N) is 1. The lowest BCUT2D eigenvalue weighted by Gasteiger charge is -2.15. The second-order valence-electron chi connectivity index (χ2n) is 6.59. The Balaban J connectivity index is 2.09. The van der Waals surface area contributed by atoms with Crippen molar-refractivity contribution in [3.8, 4) is 11.5 Å². The van der Waals surface area contributed by atoms with Gasteiger partial charge in [-0.2, -0.15) is 0 Å². The molecule has 0 spiro atoms. The number of carbonyl (C=O) groups excluding carboxylic acids is 2. The van der Waals surface area contributed by atoms with Crippen LogP contribution in [0.4, 0.5) is 5.69 Å². The number of nitrogens with zero attached hydrogens (tertiary/aromatic N) is 1. The highest BCUT2D eigenvalue weighted by Crippen LogP contribution is 2.36. The zero-order valence-corrected chi connectivity index (χ0v) is 19.3. The van der Waals surface area contributed by atoms with Crippen molar-refractivity contribution in [2.45, 2.75) is 11.8 Å². The standard InChI is InChI=1S/C20H23ClN2O7S/c1-12-6-7-14(10-17(12)31(26,27)23(2)3)22-18(24)11-30-20(25)13-8-15(21)19(29-5)16(9-13)28-4/h6-10H,11H2,1-5H3,(H,22,24). The van der Waals surface area contributed by atoms with Crippen LogP contribution in [0.2, 0.25) is 5.02 Å². The maximum Gasteiger partial charge on any atom is 0.338 e. The molecule has 11 heteroatoms. The van der Waals surface area contributed by atoms with Crippen molar-refractivity contribution in [1.29, 1.82) is 0 Å². The van der Waals surface area contributed by atoms with E-state index < -0.39 is 28.5 Å². The van der Waals surface area contributed by atoms with Crippen molar-refractivity contribution < 1.29 is 32.2 Å². The number of hydrogen-bond acceptors (Lipinski definition) is 7. The van der Waals surface area contributed by atoms with E-state index in [4.69, 9.17) is 25.8 Å². The first-order chi connectivity index (χ1) is 14.5. The number of methoxy groups -OCH3 is 2. The fourth-order valence-electron chi connectivity index (χ4n) is 2.60. The van der Waals surface area contributed by atoms with Gasteiger partial charge in [0.25, 0.3) is 5.91 Å². The van der Waals surface area contributed by atoms with Crippen LogP contribution in [0.25, 0.3) is 0 Å². The monoisotopic (exact) mass is 470 g/mol. The molecule has 0 radical (unpaired) electrons. The molecule has 0 saturated carbocycles. The quantitative estimate of drug-likeness (QED) is 0.590. The summed E-state index contributed by atoms with van der Waals surface area (Å²) in [5, 5.41) is 2.66. The number of hydrogen-bond donors (Lipinski definition) is 1. The molecule has 168 valence electrons. The average molecular weight is 471 g/mol. The minimum atomic E-state index is -3.68. The van der Waals surface area contributed by atoms with Crippen LogP contribution in [0.1, 0.15) is 15.9 Å². The summed E-state index contributed by atoms with van der Waals surface area (Å²) in [4.78, 5) is 24.5. The van der Waals surface area contributed by atoms with E-state index in [9.17, 15) is 18.0 Å². The minimum Gasteiger partial charge on any atom is -0.493 e. The maximum atomic E-state index is 12.4. The predicted octanol–water partition coefficient (Wildman–Crippen LogP) is 2.71. The van der Waals surface area contributed by atoms with Crippen molar-refractivity contribution in [3.05, 3.63) is 46.5 Å². The van der Waals surface area contributed by atoms with Gasteiger partial charge >= 0.3 is 5.97 Å². The molecular formula is C20H23ClN2O7S. The summed E-state index contributed by atoms with van der Waals surface area (Å²) < 4.78 is 41.1. The van der Waals surface area contributed by atoms with Crippen molar-refractivity contribution in [3.63, 3.8) is 0 Å². The first kappa shape index (κ1) is 24.4. The van der Waals surface area contributed by atoms with E-state index in [0.29, 0.717) is 5.56 Å². The number of rotatable bonds is 8. The molecule has 1 amide bonds. The third-order valence-electron chi connectivity index (χ3n) is 4.23. The van der Waals surface area contributed by atoms with E-state index in [1.807, 2.05) is 0 Å². The smallest absolute Gasteiger partial charge is 0.338 e. The number of benzene rings is 2. The molecule has 2 aromatic rings. The highest BCUT2D eigenvalue weighted by Gasteiger charge is 2.21. The van der Waals surface area contributed by atoms with Gasteiger partial charge in [-0.1, -0.05) is 17.7 Å². The summed E-state index contributed by atoms with van der Waals surface area (Å²) >= 11 is 6.07. The minimum absolute atomic E-state index is 0.0623. The Morgan fingerprint density at radius 2 is 1.77 bits per heavy atom. The number of aryl methyl sites for hydroxylation is 1. The Kier molecular flexibility index (Phi) is 7.88. The molecule has 9 nitrogen and oxygen atoms in total. The predicted molar refractivity (Wildman–Crippen MR) is 116 cm³/mol. The largest absolute Gasteiger partial charge is 0.493 e. The Bertz CT molecular complexity index is 1100. The van der Waals surface area contributed by atoms with Crippen LogP contribution in [-0.2, 0) is 19.6 Å². The molecular weight excluding hydrogens is 448 g/mol. The molecule has 0 aliphatic carbocycles. The molecule has 0 aliphatic rings. The first-order valence-corrected chi connectivity index (χ1v) is 10.7.